The van der Waals surface area contributed by atoms with Gasteiger partial charge in [0.25, 0.3) is 0 Å². The fraction of sp³-hybridized carbons (Fsp3) is 0.692. The minimum absolute atomic E-state index is 0.130. The van der Waals surface area contributed by atoms with Gasteiger partial charge in [-0.3, -0.25) is 0 Å². The van der Waals surface area contributed by atoms with Crippen LogP contribution in [0.4, 0.5) is 11.6 Å². The van der Waals surface area contributed by atoms with Crippen molar-refractivity contribution in [3.8, 4) is 0 Å². The molecule has 0 saturated heterocycles. The van der Waals surface area contributed by atoms with E-state index in [1.54, 1.807) is 0 Å². The highest BCUT2D eigenvalue weighted by atomic mass is 79.9. The van der Waals surface area contributed by atoms with Gasteiger partial charge in [0.2, 0.25) is 0 Å². The van der Waals surface area contributed by atoms with E-state index >= 15 is 0 Å². The highest BCUT2D eigenvalue weighted by molar-refractivity contribution is 9.10. The lowest BCUT2D eigenvalue weighted by atomic mass is 9.77. The standard InChI is InChI=1S/C13H21BrN4O/c1-9-3-5-13(7-19,6-4-9)18-12-10(14)11(15-2)16-8-17-12/h8-9,19H,3-7H2,1-2H3,(H2,15,16,17,18). The number of halogens is 1. The van der Waals surface area contributed by atoms with Gasteiger partial charge in [0, 0.05) is 7.05 Å². The van der Waals surface area contributed by atoms with Gasteiger partial charge in [-0.1, -0.05) is 6.92 Å². The van der Waals surface area contributed by atoms with Gasteiger partial charge in [0.1, 0.15) is 22.4 Å². The van der Waals surface area contributed by atoms with E-state index in [2.05, 4.69) is 43.5 Å². The predicted octanol–water partition coefficient (Wildman–Crippen LogP) is 2.63. The second-order valence-corrected chi connectivity index (χ2v) is 6.17. The number of aliphatic hydroxyl groups excluding tert-OH is 1. The summed E-state index contributed by atoms with van der Waals surface area (Å²) in [6, 6.07) is 0. The van der Waals surface area contributed by atoms with E-state index in [0.29, 0.717) is 0 Å². The van der Waals surface area contributed by atoms with Gasteiger partial charge in [0.15, 0.2) is 0 Å². The van der Waals surface area contributed by atoms with Crippen molar-refractivity contribution in [3.63, 3.8) is 0 Å². The zero-order valence-electron chi connectivity index (χ0n) is 11.4. The fourth-order valence-corrected chi connectivity index (χ4v) is 3.02. The molecule has 1 aliphatic rings. The molecule has 1 fully saturated rings. The molecule has 19 heavy (non-hydrogen) atoms. The Labute approximate surface area is 122 Å². The van der Waals surface area contributed by atoms with Gasteiger partial charge in [-0.25, -0.2) is 9.97 Å². The molecule has 3 N–H and O–H groups in total. The van der Waals surface area contributed by atoms with Crippen LogP contribution < -0.4 is 10.6 Å². The first-order valence-corrected chi connectivity index (χ1v) is 7.47. The van der Waals surface area contributed by atoms with E-state index in [9.17, 15) is 5.11 Å². The van der Waals surface area contributed by atoms with E-state index in [1.807, 2.05) is 7.05 Å². The van der Waals surface area contributed by atoms with E-state index in [-0.39, 0.29) is 12.1 Å². The van der Waals surface area contributed by atoms with Crippen LogP contribution in [-0.4, -0.2) is 34.3 Å². The summed E-state index contributed by atoms with van der Waals surface area (Å²) >= 11 is 3.50. The largest absolute Gasteiger partial charge is 0.394 e. The van der Waals surface area contributed by atoms with Crippen molar-refractivity contribution in [1.82, 2.24) is 9.97 Å². The third kappa shape index (κ3) is 3.17. The van der Waals surface area contributed by atoms with Crippen LogP contribution in [0.2, 0.25) is 0 Å². The van der Waals surface area contributed by atoms with E-state index < -0.39 is 0 Å². The summed E-state index contributed by atoms with van der Waals surface area (Å²) in [6.07, 6.45) is 5.73. The summed E-state index contributed by atoms with van der Waals surface area (Å²) < 4.78 is 0.809. The molecule has 0 unspecified atom stereocenters. The van der Waals surface area contributed by atoms with Crippen LogP contribution in [0.5, 0.6) is 0 Å². The van der Waals surface area contributed by atoms with Crippen molar-refractivity contribution >= 4 is 27.6 Å². The third-order valence-electron chi connectivity index (χ3n) is 3.94. The molecule has 2 rings (SSSR count). The number of nitrogens with one attached hydrogen (secondary N) is 2. The lowest BCUT2D eigenvalue weighted by Gasteiger charge is -2.39. The summed E-state index contributed by atoms with van der Waals surface area (Å²) in [6.45, 7) is 2.39. The maximum absolute atomic E-state index is 9.77. The first-order valence-electron chi connectivity index (χ1n) is 6.67. The summed E-state index contributed by atoms with van der Waals surface area (Å²) in [5.41, 5.74) is -0.256. The Kier molecular flexibility index (Phi) is 4.62. The van der Waals surface area contributed by atoms with Crippen LogP contribution >= 0.6 is 15.9 Å². The molecule has 1 aliphatic carbocycles. The molecule has 1 aromatic heterocycles. The highest BCUT2D eigenvalue weighted by Gasteiger charge is 2.34. The Morgan fingerprint density at radius 1 is 1.37 bits per heavy atom. The molecule has 1 heterocycles. The second kappa shape index (κ2) is 6.05. The van der Waals surface area contributed by atoms with Crippen molar-refractivity contribution in [1.29, 1.82) is 0 Å². The van der Waals surface area contributed by atoms with E-state index in [0.717, 1.165) is 47.7 Å². The fourth-order valence-electron chi connectivity index (χ4n) is 2.52. The zero-order valence-corrected chi connectivity index (χ0v) is 13.0. The summed E-state index contributed by atoms with van der Waals surface area (Å²) in [5, 5.41) is 16.2. The Morgan fingerprint density at radius 2 is 2.00 bits per heavy atom. The van der Waals surface area contributed by atoms with Crippen molar-refractivity contribution in [3.05, 3.63) is 10.8 Å². The van der Waals surface area contributed by atoms with Gasteiger partial charge in [-0.2, -0.15) is 0 Å². The van der Waals surface area contributed by atoms with Crippen molar-refractivity contribution in [2.24, 2.45) is 5.92 Å². The number of anilines is 2. The first kappa shape index (κ1) is 14.5. The lowest BCUT2D eigenvalue weighted by molar-refractivity contribution is 0.155. The summed E-state index contributed by atoms with van der Waals surface area (Å²) in [7, 11) is 1.82. The number of hydrogen-bond donors (Lipinski definition) is 3. The average molecular weight is 329 g/mol. The molecule has 1 saturated carbocycles. The highest BCUT2D eigenvalue weighted by Crippen LogP contribution is 2.36. The van der Waals surface area contributed by atoms with Crippen molar-refractivity contribution < 1.29 is 5.11 Å². The molecule has 1 aromatic rings. The van der Waals surface area contributed by atoms with Gasteiger partial charge in [-0.05, 0) is 47.5 Å². The molecule has 0 amide bonds. The Morgan fingerprint density at radius 3 is 2.58 bits per heavy atom. The van der Waals surface area contributed by atoms with Gasteiger partial charge in [-0.15, -0.1) is 0 Å². The molecule has 0 aliphatic heterocycles. The minimum Gasteiger partial charge on any atom is -0.394 e. The molecule has 0 bridgehead atoms. The van der Waals surface area contributed by atoms with Gasteiger partial charge >= 0.3 is 0 Å². The lowest BCUT2D eigenvalue weighted by Crippen LogP contribution is -2.45. The van der Waals surface area contributed by atoms with Crippen LogP contribution in [-0.2, 0) is 0 Å². The Balaban J connectivity index is 2.19. The van der Waals surface area contributed by atoms with Crippen LogP contribution in [0.1, 0.15) is 32.6 Å². The van der Waals surface area contributed by atoms with Crippen molar-refractivity contribution in [2.75, 3.05) is 24.3 Å². The summed E-state index contributed by atoms with van der Waals surface area (Å²) in [5.74, 6) is 2.22. The molecule has 0 radical (unpaired) electrons. The van der Waals surface area contributed by atoms with Crippen LogP contribution in [0.15, 0.2) is 10.8 Å². The molecule has 0 spiro atoms. The minimum atomic E-state index is -0.256. The molecule has 6 heteroatoms. The molecule has 0 atom stereocenters. The molecule has 0 aromatic carbocycles. The monoisotopic (exact) mass is 328 g/mol. The van der Waals surface area contributed by atoms with Crippen LogP contribution in [0, 0.1) is 5.92 Å². The SMILES string of the molecule is CNc1ncnc(NC2(CO)CCC(C)CC2)c1Br. The Hall–Kier alpha value is -0.880. The summed E-state index contributed by atoms with van der Waals surface area (Å²) in [4.78, 5) is 8.41. The van der Waals surface area contributed by atoms with Crippen LogP contribution in [0.3, 0.4) is 0 Å². The zero-order chi connectivity index (χ0) is 13.9. The quantitative estimate of drug-likeness (QED) is 0.792. The molecular weight excluding hydrogens is 308 g/mol. The predicted molar refractivity (Wildman–Crippen MR) is 80.4 cm³/mol. The topological polar surface area (TPSA) is 70.1 Å². The van der Waals surface area contributed by atoms with Gasteiger partial charge < -0.3 is 15.7 Å². The Bertz CT molecular complexity index is 433. The van der Waals surface area contributed by atoms with E-state index in [1.165, 1.54) is 6.33 Å². The molecule has 5 nitrogen and oxygen atoms in total. The number of rotatable bonds is 4. The number of aliphatic hydroxyl groups is 1. The van der Waals surface area contributed by atoms with Gasteiger partial charge in [0.05, 0.1) is 12.1 Å². The second-order valence-electron chi connectivity index (χ2n) is 5.38. The molecule has 106 valence electrons. The maximum Gasteiger partial charge on any atom is 0.146 e. The van der Waals surface area contributed by atoms with Crippen molar-refractivity contribution in [2.45, 2.75) is 38.1 Å². The smallest absolute Gasteiger partial charge is 0.146 e. The maximum atomic E-state index is 9.77. The third-order valence-corrected chi connectivity index (χ3v) is 4.70. The normalized spacial score (nSPS) is 27.1. The van der Waals surface area contributed by atoms with Crippen LogP contribution in [0.25, 0.3) is 0 Å². The first-order chi connectivity index (χ1) is 9.10. The number of aromatic nitrogens is 2. The molecular formula is C13H21BrN4O. The average Bonchev–Trinajstić information content (AvgIpc) is 2.44. The number of hydrogen-bond acceptors (Lipinski definition) is 5. The van der Waals surface area contributed by atoms with E-state index in [4.69, 9.17) is 0 Å². The number of nitrogens with zero attached hydrogens (tertiary/aromatic N) is 2.